The highest BCUT2D eigenvalue weighted by Gasteiger charge is 1.35. The van der Waals surface area contributed by atoms with Crippen LogP contribution in [-0.4, -0.2) is 40.3 Å². The minimum atomic E-state index is 0. The van der Waals surface area contributed by atoms with E-state index in [1.165, 1.54) is 5.34 Å². The first kappa shape index (κ1) is 29.5. The van der Waals surface area contributed by atoms with Crippen molar-refractivity contribution in [2.75, 3.05) is 19.8 Å². The van der Waals surface area contributed by atoms with E-state index in [1.54, 1.807) is 20.8 Å². The monoisotopic (exact) mass is 202 g/mol. The lowest BCUT2D eigenvalue weighted by Crippen LogP contribution is -1.57. The molecule has 7 N–H and O–H groups in total. The summed E-state index contributed by atoms with van der Waals surface area (Å²) >= 11 is 0. The Morgan fingerprint density at radius 2 is 0.923 bits per heavy atom. The molecule has 0 aliphatic heterocycles. The minimum Gasteiger partial charge on any atom is -0.397 e. The number of nitrogens with zero attached hydrogens (tertiary/aromatic N) is 1. The fraction of sp³-hybridized carbons (Fsp3) is 1.00. The predicted molar refractivity (Wildman–Crippen MR) is 50.9 cm³/mol. The Labute approximate surface area is 78.5 Å². The van der Waals surface area contributed by atoms with E-state index in [4.69, 9.17) is 25.4 Å². The van der Waals surface area contributed by atoms with E-state index in [2.05, 4.69) is 0 Å². The zero-order valence-electron chi connectivity index (χ0n) is 8.47. The van der Waals surface area contributed by atoms with Crippen molar-refractivity contribution >= 4 is 0 Å². The van der Waals surface area contributed by atoms with E-state index in [0.29, 0.717) is 0 Å². The lowest BCUT2D eigenvalue weighted by Gasteiger charge is -1.52. The smallest absolute Gasteiger partial charge is 0.152 e. The van der Waals surface area contributed by atoms with Gasteiger partial charge in [0.1, 0.15) is 0 Å². The molecule has 86 valence electrons. The molecule has 0 spiro atoms. The third kappa shape index (κ3) is 1660. The average molecular weight is 202 g/mol. The Morgan fingerprint density at radius 1 is 0.923 bits per heavy atom. The van der Waals surface area contributed by atoms with E-state index in [9.17, 15) is 0 Å². The van der Waals surface area contributed by atoms with Crippen LogP contribution < -0.4 is 6.15 Å². The van der Waals surface area contributed by atoms with Crippen LogP contribution in [0.4, 0.5) is 0 Å². The molecule has 0 saturated carbocycles. The maximum absolute atomic E-state index is 8.11. The highest BCUT2D eigenvalue weighted by atomic mass is 16.6. The van der Waals surface area contributed by atoms with Crippen LogP contribution in [0.5, 0.6) is 0 Å². The topological polar surface area (TPSA) is 145 Å². The molecule has 0 saturated heterocycles. The van der Waals surface area contributed by atoms with Gasteiger partial charge in [-0.15, -0.1) is 4.91 Å². The second-order valence-electron chi connectivity index (χ2n) is 1.03. The van der Waals surface area contributed by atoms with Gasteiger partial charge in [-0.3, -0.25) is 0 Å². The summed E-state index contributed by atoms with van der Waals surface area (Å²) in [5.41, 5.74) is 0. The SMILES string of the molecule is CCO.CCO.CCO.N.O=NO. The van der Waals surface area contributed by atoms with Crippen LogP contribution in [0.15, 0.2) is 5.34 Å². The summed E-state index contributed by atoms with van der Waals surface area (Å²) in [6.07, 6.45) is 0. The molecule has 0 amide bonds. The Morgan fingerprint density at radius 3 is 0.923 bits per heavy atom. The first-order valence-corrected chi connectivity index (χ1v) is 3.45. The number of hydrogen-bond acceptors (Lipinski definition) is 6. The Kier molecular flexibility index (Phi) is 255. The molecule has 0 aromatic rings. The van der Waals surface area contributed by atoms with Gasteiger partial charge in [0.25, 0.3) is 0 Å². The van der Waals surface area contributed by atoms with Crippen molar-refractivity contribution in [3.8, 4) is 0 Å². The van der Waals surface area contributed by atoms with Crippen molar-refractivity contribution in [2.24, 2.45) is 5.34 Å². The average Bonchev–Trinajstić information content (AvgIpc) is 1.92. The van der Waals surface area contributed by atoms with Crippen LogP contribution in [0.3, 0.4) is 0 Å². The maximum atomic E-state index is 8.11. The molecule has 0 unspecified atom stereocenters. The van der Waals surface area contributed by atoms with Crippen molar-refractivity contribution in [3.63, 3.8) is 0 Å². The highest BCUT2D eigenvalue weighted by molar-refractivity contribution is 3.84. The highest BCUT2D eigenvalue weighted by Crippen LogP contribution is 1.30. The van der Waals surface area contributed by atoms with Gasteiger partial charge in [0, 0.05) is 19.8 Å². The number of aliphatic hydroxyl groups is 3. The summed E-state index contributed by atoms with van der Waals surface area (Å²) in [6, 6.07) is 0. The predicted octanol–water partition coefficient (Wildman–Crippen LogP) is 0.300. The van der Waals surface area contributed by atoms with Gasteiger partial charge in [-0.05, 0) is 20.8 Å². The van der Waals surface area contributed by atoms with Gasteiger partial charge in [-0.1, -0.05) is 0 Å². The molecule has 7 heteroatoms. The zero-order valence-corrected chi connectivity index (χ0v) is 8.47. The third-order valence-electron chi connectivity index (χ3n) is 0. The largest absolute Gasteiger partial charge is 0.397 e. The summed E-state index contributed by atoms with van der Waals surface area (Å²) in [5, 5.41) is 30.6. The van der Waals surface area contributed by atoms with E-state index in [0.717, 1.165) is 0 Å². The second kappa shape index (κ2) is 112. The zero-order chi connectivity index (χ0) is 10.8. The normalized spacial score (nSPS) is 5.08. The number of aliphatic hydroxyl groups excluding tert-OH is 3. The summed E-state index contributed by atoms with van der Waals surface area (Å²) in [5.74, 6) is 0. The second-order valence-corrected chi connectivity index (χ2v) is 1.03. The fourth-order valence-electron chi connectivity index (χ4n) is 0. The molecular formula is C6H22N2O5. The molecule has 0 aliphatic carbocycles. The van der Waals surface area contributed by atoms with Crippen LogP contribution >= 0.6 is 0 Å². The summed E-state index contributed by atoms with van der Waals surface area (Å²) in [7, 11) is 0. The molecule has 0 bridgehead atoms. The van der Waals surface area contributed by atoms with Gasteiger partial charge < -0.3 is 26.7 Å². The van der Waals surface area contributed by atoms with E-state index < -0.39 is 0 Å². The third-order valence-corrected chi connectivity index (χ3v) is 0. The molecule has 0 aromatic carbocycles. The number of hydrogen-bond donors (Lipinski definition) is 5. The molecule has 0 heterocycles. The Balaban J connectivity index is -0.0000000213. The van der Waals surface area contributed by atoms with Crippen molar-refractivity contribution in [2.45, 2.75) is 20.8 Å². The molecule has 7 nitrogen and oxygen atoms in total. The van der Waals surface area contributed by atoms with Crippen molar-refractivity contribution < 1.29 is 20.5 Å². The van der Waals surface area contributed by atoms with Gasteiger partial charge in [0.2, 0.25) is 0 Å². The molecule has 0 fully saturated rings. The minimum absolute atomic E-state index is 0. The van der Waals surface area contributed by atoms with Crippen LogP contribution in [0.2, 0.25) is 0 Å². The molecule has 0 radical (unpaired) electrons. The summed E-state index contributed by atoms with van der Waals surface area (Å²) < 4.78 is 0. The van der Waals surface area contributed by atoms with Gasteiger partial charge in [-0.2, -0.15) is 0 Å². The van der Waals surface area contributed by atoms with Crippen molar-refractivity contribution in [3.05, 3.63) is 4.91 Å². The molecule has 13 heavy (non-hydrogen) atoms. The first-order valence-electron chi connectivity index (χ1n) is 3.45. The van der Waals surface area contributed by atoms with Crippen LogP contribution in [0.25, 0.3) is 0 Å². The summed E-state index contributed by atoms with van der Waals surface area (Å²) in [6.45, 7) is 5.79. The van der Waals surface area contributed by atoms with Gasteiger partial charge in [0.15, 0.2) is 5.34 Å². The summed E-state index contributed by atoms with van der Waals surface area (Å²) in [4.78, 5) is 8.11. The molecule has 0 atom stereocenters. The number of rotatable bonds is 0. The lowest BCUT2D eigenvalue weighted by molar-refractivity contribution is 0.312. The standard InChI is InChI=1S/3C2H6O.HNO2.H3N/c3*1-2-3;2-1-3;/h3*3H,2H2,1H3;(H,2,3);1H3. The Bertz CT molecular complexity index is 43.3. The van der Waals surface area contributed by atoms with Crippen LogP contribution in [-0.2, 0) is 0 Å². The van der Waals surface area contributed by atoms with Gasteiger partial charge in [0.05, 0.1) is 0 Å². The molecule has 0 rings (SSSR count). The van der Waals surface area contributed by atoms with E-state index in [-0.39, 0.29) is 26.0 Å². The quantitative estimate of drug-likeness (QED) is 0.282. The fourth-order valence-corrected chi connectivity index (χ4v) is 0. The molecule has 0 aromatic heterocycles. The molecule has 0 aliphatic rings. The van der Waals surface area contributed by atoms with Crippen molar-refractivity contribution in [1.82, 2.24) is 6.15 Å². The lowest BCUT2D eigenvalue weighted by atomic mass is 10.9. The van der Waals surface area contributed by atoms with Crippen molar-refractivity contribution in [1.29, 1.82) is 0 Å². The van der Waals surface area contributed by atoms with Crippen LogP contribution in [0, 0.1) is 4.91 Å². The van der Waals surface area contributed by atoms with Crippen LogP contribution in [0.1, 0.15) is 20.8 Å². The Hall–Kier alpha value is -0.760. The van der Waals surface area contributed by atoms with Gasteiger partial charge in [-0.25, -0.2) is 0 Å². The maximum Gasteiger partial charge on any atom is 0.152 e. The molecular weight excluding hydrogens is 180 g/mol. The van der Waals surface area contributed by atoms with Gasteiger partial charge >= 0.3 is 0 Å². The van der Waals surface area contributed by atoms with E-state index in [1.807, 2.05) is 0 Å². The van der Waals surface area contributed by atoms with E-state index >= 15 is 0 Å². The first-order chi connectivity index (χ1) is 5.66.